The molecule has 0 bridgehead atoms. The van der Waals surface area contributed by atoms with E-state index in [0.717, 1.165) is 25.2 Å². The first-order valence-electron chi connectivity index (χ1n) is 10.6. The van der Waals surface area contributed by atoms with E-state index in [9.17, 15) is 9.18 Å². The Bertz CT molecular complexity index is 1200. The predicted octanol–water partition coefficient (Wildman–Crippen LogP) is 4.20. The van der Waals surface area contributed by atoms with Gasteiger partial charge in [0.05, 0.1) is 23.0 Å². The van der Waals surface area contributed by atoms with E-state index in [1.54, 1.807) is 18.2 Å². The number of nitrogens with zero attached hydrogens (tertiary/aromatic N) is 5. The number of hydrogen-bond acceptors (Lipinski definition) is 4. The van der Waals surface area contributed by atoms with Crippen LogP contribution in [0.25, 0.3) is 11.8 Å². The van der Waals surface area contributed by atoms with E-state index >= 15 is 0 Å². The highest BCUT2D eigenvalue weighted by atomic mass is 35.5. The number of halogens is 2. The van der Waals surface area contributed by atoms with E-state index in [-0.39, 0.29) is 11.7 Å². The zero-order valence-electron chi connectivity index (χ0n) is 18.2. The third-order valence-corrected chi connectivity index (χ3v) is 6.05. The largest absolute Gasteiger partial charge is 0.337 e. The Morgan fingerprint density at radius 2 is 1.79 bits per heavy atom. The van der Waals surface area contributed by atoms with Crippen LogP contribution in [-0.2, 0) is 11.3 Å². The minimum Gasteiger partial charge on any atom is -0.337 e. The molecule has 1 saturated heterocycles. The maximum atomic E-state index is 13.2. The minimum atomic E-state index is -0.332. The second-order valence-corrected chi connectivity index (χ2v) is 8.28. The number of hydrogen-bond donors (Lipinski definition) is 0. The summed E-state index contributed by atoms with van der Waals surface area (Å²) in [6.45, 7) is 5.45. The van der Waals surface area contributed by atoms with Gasteiger partial charge in [0.25, 0.3) is 0 Å². The number of carbonyl (C=O) groups excluding carboxylic acids is 1. The number of rotatable bonds is 5. The van der Waals surface area contributed by atoms with Gasteiger partial charge in [-0.3, -0.25) is 9.69 Å². The Kier molecular flexibility index (Phi) is 6.87. The van der Waals surface area contributed by atoms with Crippen molar-refractivity contribution in [2.24, 2.45) is 0 Å². The highest BCUT2D eigenvalue weighted by Crippen LogP contribution is 2.25. The third kappa shape index (κ3) is 5.30. The van der Waals surface area contributed by atoms with Gasteiger partial charge in [-0.05, 0) is 55.0 Å². The molecule has 1 amide bonds. The van der Waals surface area contributed by atoms with Gasteiger partial charge in [0.2, 0.25) is 5.91 Å². The molecule has 4 rings (SSSR count). The van der Waals surface area contributed by atoms with Crippen molar-refractivity contribution >= 4 is 23.6 Å². The first kappa shape index (κ1) is 22.7. The topological polar surface area (TPSA) is 65.2 Å². The lowest BCUT2D eigenvalue weighted by Crippen LogP contribution is -2.47. The number of amides is 1. The summed E-state index contributed by atoms with van der Waals surface area (Å²) in [4.78, 5) is 16.8. The summed E-state index contributed by atoms with van der Waals surface area (Å²) in [5.74, 6) is -0.403. The van der Waals surface area contributed by atoms with Gasteiger partial charge >= 0.3 is 0 Å². The number of nitriles is 1. The van der Waals surface area contributed by atoms with E-state index in [1.165, 1.54) is 22.9 Å². The minimum absolute atomic E-state index is 0.0713. The fourth-order valence-electron chi connectivity index (χ4n) is 3.78. The van der Waals surface area contributed by atoms with E-state index in [0.29, 0.717) is 40.8 Å². The molecule has 0 radical (unpaired) electrons. The smallest absolute Gasteiger partial charge is 0.246 e. The van der Waals surface area contributed by atoms with Gasteiger partial charge in [-0.1, -0.05) is 23.7 Å². The van der Waals surface area contributed by atoms with Crippen molar-refractivity contribution < 1.29 is 9.18 Å². The Labute approximate surface area is 197 Å². The molecule has 0 unspecified atom stereocenters. The molecule has 2 heterocycles. The van der Waals surface area contributed by atoms with Gasteiger partial charge in [0.1, 0.15) is 11.0 Å². The molecule has 8 heteroatoms. The normalized spacial score (nSPS) is 14.5. The molecule has 0 atom stereocenters. The summed E-state index contributed by atoms with van der Waals surface area (Å²) in [6, 6.07) is 15.6. The van der Waals surface area contributed by atoms with Gasteiger partial charge < -0.3 is 4.90 Å². The standard InChI is InChI=1S/C25H23ClFN5O/c1-18-23(25(26)32(29-18)22-8-6-21(27)7-9-22)10-11-24(33)31-14-12-30(13-15-31)17-20-4-2-19(16-28)3-5-20/h2-11H,12-15,17H2,1H3. The molecule has 0 saturated carbocycles. The molecule has 1 fully saturated rings. The molecule has 3 aromatic rings. The van der Waals surface area contributed by atoms with Crippen molar-refractivity contribution in [3.8, 4) is 11.8 Å². The van der Waals surface area contributed by atoms with E-state index in [2.05, 4.69) is 16.1 Å². The van der Waals surface area contributed by atoms with Crippen LogP contribution >= 0.6 is 11.6 Å². The molecule has 6 nitrogen and oxygen atoms in total. The number of aryl methyl sites for hydroxylation is 1. The molecule has 1 aromatic heterocycles. The predicted molar refractivity (Wildman–Crippen MR) is 125 cm³/mol. The average Bonchev–Trinajstić information content (AvgIpc) is 3.12. The lowest BCUT2D eigenvalue weighted by molar-refractivity contribution is -0.127. The van der Waals surface area contributed by atoms with Crippen molar-refractivity contribution in [1.82, 2.24) is 19.6 Å². The van der Waals surface area contributed by atoms with Crippen molar-refractivity contribution in [1.29, 1.82) is 5.26 Å². The number of benzene rings is 2. The average molecular weight is 464 g/mol. The summed E-state index contributed by atoms with van der Waals surface area (Å²) in [7, 11) is 0. The monoisotopic (exact) mass is 463 g/mol. The summed E-state index contributed by atoms with van der Waals surface area (Å²) >= 11 is 6.49. The maximum absolute atomic E-state index is 13.2. The van der Waals surface area contributed by atoms with Crippen LogP contribution in [0.15, 0.2) is 54.6 Å². The quantitative estimate of drug-likeness (QED) is 0.532. The van der Waals surface area contributed by atoms with Gasteiger partial charge in [0, 0.05) is 44.4 Å². The second-order valence-electron chi connectivity index (χ2n) is 7.92. The molecule has 0 spiro atoms. The Balaban J connectivity index is 1.36. The van der Waals surface area contributed by atoms with Crippen LogP contribution in [0.3, 0.4) is 0 Å². The van der Waals surface area contributed by atoms with Gasteiger partial charge in [0.15, 0.2) is 0 Å². The molecular formula is C25H23ClFN5O. The van der Waals surface area contributed by atoms with Crippen molar-refractivity contribution in [3.63, 3.8) is 0 Å². The molecule has 168 valence electrons. The maximum Gasteiger partial charge on any atom is 0.246 e. The van der Waals surface area contributed by atoms with Crippen LogP contribution in [0, 0.1) is 24.1 Å². The lowest BCUT2D eigenvalue weighted by atomic mass is 10.1. The Hall–Kier alpha value is -3.47. The van der Waals surface area contributed by atoms with E-state index in [1.807, 2.05) is 36.1 Å². The van der Waals surface area contributed by atoms with Crippen LogP contribution < -0.4 is 0 Å². The Morgan fingerprint density at radius 1 is 1.12 bits per heavy atom. The zero-order valence-corrected chi connectivity index (χ0v) is 19.0. The van der Waals surface area contributed by atoms with Crippen LogP contribution in [0.5, 0.6) is 0 Å². The van der Waals surface area contributed by atoms with Crippen LogP contribution in [-0.4, -0.2) is 51.7 Å². The summed E-state index contributed by atoms with van der Waals surface area (Å²) < 4.78 is 14.7. The van der Waals surface area contributed by atoms with Crippen molar-refractivity contribution in [2.75, 3.05) is 26.2 Å². The molecule has 2 aromatic carbocycles. The highest BCUT2D eigenvalue weighted by molar-refractivity contribution is 6.31. The number of piperazine rings is 1. The van der Waals surface area contributed by atoms with E-state index < -0.39 is 0 Å². The van der Waals surface area contributed by atoms with Crippen molar-refractivity contribution in [3.05, 3.63) is 88.0 Å². The number of aromatic nitrogens is 2. The zero-order chi connectivity index (χ0) is 23.4. The van der Waals surface area contributed by atoms with Crippen LogP contribution in [0.1, 0.15) is 22.4 Å². The highest BCUT2D eigenvalue weighted by Gasteiger charge is 2.20. The van der Waals surface area contributed by atoms with E-state index in [4.69, 9.17) is 16.9 Å². The van der Waals surface area contributed by atoms with Gasteiger partial charge in [-0.25, -0.2) is 9.07 Å². The first-order chi connectivity index (χ1) is 15.9. The summed E-state index contributed by atoms with van der Waals surface area (Å²) in [5, 5.41) is 13.7. The molecule has 0 N–H and O–H groups in total. The Morgan fingerprint density at radius 3 is 2.42 bits per heavy atom. The fourth-order valence-corrected chi connectivity index (χ4v) is 4.12. The summed E-state index contributed by atoms with van der Waals surface area (Å²) in [6.07, 6.45) is 3.22. The molecule has 0 aliphatic carbocycles. The van der Waals surface area contributed by atoms with Crippen LogP contribution in [0.4, 0.5) is 4.39 Å². The molecule has 33 heavy (non-hydrogen) atoms. The third-order valence-electron chi connectivity index (χ3n) is 5.68. The van der Waals surface area contributed by atoms with Crippen molar-refractivity contribution in [2.45, 2.75) is 13.5 Å². The fraction of sp³-hybridized carbons (Fsp3) is 0.240. The van der Waals surface area contributed by atoms with Crippen LogP contribution in [0.2, 0.25) is 5.15 Å². The first-order valence-corrected chi connectivity index (χ1v) is 11.0. The van der Waals surface area contributed by atoms with Gasteiger partial charge in [-0.2, -0.15) is 10.4 Å². The second kappa shape index (κ2) is 9.99. The summed E-state index contributed by atoms with van der Waals surface area (Å²) in [5.41, 5.74) is 3.79. The molecule has 1 aliphatic heterocycles. The SMILES string of the molecule is Cc1nn(-c2ccc(F)cc2)c(Cl)c1C=CC(=O)N1CCN(Cc2ccc(C#N)cc2)CC1. The van der Waals surface area contributed by atoms with Gasteiger partial charge in [-0.15, -0.1) is 0 Å². The number of carbonyl (C=O) groups is 1. The lowest BCUT2D eigenvalue weighted by Gasteiger charge is -2.34. The molecular weight excluding hydrogens is 441 g/mol. The molecule has 1 aliphatic rings.